The Kier molecular flexibility index (Phi) is 3.48. The SMILES string of the molecule is C=CCC(C)(C)[C@H](O)c1ccccc1. The summed E-state index contributed by atoms with van der Waals surface area (Å²) in [7, 11) is 0. The zero-order chi connectivity index (χ0) is 10.6. The summed E-state index contributed by atoms with van der Waals surface area (Å²) >= 11 is 0. The summed E-state index contributed by atoms with van der Waals surface area (Å²) in [6.45, 7) is 7.81. The van der Waals surface area contributed by atoms with E-state index in [-0.39, 0.29) is 5.41 Å². The molecule has 1 aromatic rings. The first-order valence-corrected chi connectivity index (χ1v) is 4.92. The minimum absolute atomic E-state index is 0.150. The fourth-order valence-electron chi connectivity index (χ4n) is 1.57. The lowest BCUT2D eigenvalue weighted by Gasteiger charge is -2.29. The summed E-state index contributed by atoms with van der Waals surface area (Å²) in [4.78, 5) is 0. The number of aliphatic hydroxyl groups is 1. The van der Waals surface area contributed by atoms with Crippen molar-refractivity contribution in [3.8, 4) is 0 Å². The molecule has 0 amide bonds. The minimum Gasteiger partial charge on any atom is -0.388 e. The van der Waals surface area contributed by atoms with Crippen LogP contribution in [0.15, 0.2) is 43.0 Å². The van der Waals surface area contributed by atoms with Gasteiger partial charge in [0.15, 0.2) is 0 Å². The van der Waals surface area contributed by atoms with Crippen molar-refractivity contribution in [2.75, 3.05) is 0 Å². The Balaban J connectivity index is 2.84. The maximum Gasteiger partial charge on any atom is 0.0843 e. The predicted octanol–water partition coefficient (Wildman–Crippen LogP) is 3.32. The van der Waals surface area contributed by atoms with E-state index in [9.17, 15) is 5.11 Å². The van der Waals surface area contributed by atoms with Crippen molar-refractivity contribution in [3.05, 3.63) is 48.6 Å². The van der Waals surface area contributed by atoms with Crippen LogP contribution in [0.5, 0.6) is 0 Å². The third-order valence-corrected chi connectivity index (χ3v) is 2.53. The predicted molar refractivity (Wildman–Crippen MR) is 60.0 cm³/mol. The molecule has 0 saturated carbocycles. The van der Waals surface area contributed by atoms with Crippen LogP contribution in [0, 0.1) is 5.41 Å². The van der Waals surface area contributed by atoms with E-state index in [0.717, 1.165) is 12.0 Å². The first-order valence-electron chi connectivity index (χ1n) is 4.92. The molecule has 1 atom stereocenters. The number of hydrogen-bond donors (Lipinski definition) is 1. The zero-order valence-electron chi connectivity index (χ0n) is 8.90. The Morgan fingerprint density at radius 1 is 1.36 bits per heavy atom. The average Bonchev–Trinajstić information content (AvgIpc) is 2.18. The highest BCUT2D eigenvalue weighted by Crippen LogP contribution is 2.36. The molecule has 1 rings (SSSR count). The van der Waals surface area contributed by atoms with E-state index in [1.54, 1.807) is 0 Å². The molecule has 1 heteroatoms. The van der Waals surface area contributed by atoms with E-state index < -0.39 is 6.10 Å². The van der Waals surface area contributed by atoms with Gasteiger partial charge in [-0.15, -0.1) is 6.58 Å². The molecule has 76 valence electrons. The summed E-state index contributed by atoms with van der Waals surface area (Å²) in [6.07, 6.45) is 2.23. The van der Waals surface area contributed by atoms with Crippen molar-refractivity contribution in [3.63, 3.8) is 0 Å². The fraction of sp³-hybridized carbons (Fsp3) is 0.385. The van der Waals surface area contributed by atoms with E-state index in [1.807, 2.05) is 50.3 Å². The molecule has 0 aromatic heterocycles. The molecule has 0 heterocycles. The third-order valence-electron chi connectivity index (χ3n) is 2.53. The number of aliphatic hydroxyl groups excluding tert-OH is 1. The van der Waals surface area contributed by atoms with Gasteiger partial charge in [-0.05, 0) is 17.4 Å². The van der Waals surface area contributed by atoms with Crippen molar-refractivity contribution in [2.24, 2.45) is 5.41 Å². The van der Waals surface area contributed by atoms with Crippen LogP contribution in [0.25, 0.3) is 0 Å². The van der Waals surface area contributed by atoms with Crippen LogP contribution in [0.1, 0.15) is 31.9 Å². The van der Waals surface area contributed by atoms with Crippen molar-refractivity contribution < 1.29 is 5.11 Å². The summed E-state index contributed by atoms with van der Waals surface area (Å²) in [6, 6.07) is 9.76. The summed E-state index contributed by atoms with van der Waals surface area (Å²) in [5, 5.41) is 10.1. The lowest BCUT2D eigenvalue weighted by Crippen LogP contribution is -2.21. The standard InChI is InChI=1S/C13H18O/c1-4-10-13(2,3)12(14)11-8-6-5-7-9-11/h4-9,12,14H,1,10H2,2-3H3/t12-/m1/s1. The van der Waals surface area contributed by atoms with Crippen LogP contribution in [0.4, 0.5) is 0 Å². The van der Waals surface area contributed by atoms with Crippen LogP contribution >= 0.6 is 0 Å². The zero-order valence-corrected chi connectivity index (χ0v) is 8.90. The number of allylic oxidation sites excluding steroid dienone is 1. The molecule has 0 bridgehead atoms. The topological polar surface area (TPSA) is 20.2 Å². The highest BCUT2D eigenvalue weighted by atomic mass is 16.3. The normalized spacial score (nSPS) is 13.6. The molecule has 1 nitrogen and oxygen atoms in total. The van der Waals surface area contributed by atoms with Crippen LogP contribution in [0.2, 0.25) is 0 Å². The van der Waals surface area contributed by atoms with E-state index in [0.29, 0.717) is 0 Å². The highest BCUT2D eigenvalue weighted by molar-refractivity contribution is 5.19. The molecule has 1 N–H and O–H groups in total. The van der Waals surface area contributed by atoms with Gasteiger partial charge in [0.25, 0.3) is 0 Å². The van der Waals surface area contributed by atoms with Gasteiger partial charge in [0, 0.05) is 0 Å². The monoisotopic (exact) mass is 190 g/mol. The maximum absolute atomic E-state index is 10.1. The molecule has 0 aliphatic heterocycles. The summed E-state index contributed by atoms with van der Waals surface area (Å²) < 4.78 is 0. The molecule has 0 saturated heterocycles. The molecule has 0 unspecified atom stereocenters. The summed E-state index contributed by atoms with van der Waals surface area (Å²) in [5.41, 5.74) is 0.822. The molecule has 0 spiro atoms. The second-order valence-corrected chi connectivity index (χ2v) is 4.29. The van der Waals surface area contributed by atoms with Gasteiger partial charge in [0.1, 0.15) is 0 Å². The molecule has 0 fully saturated rings. The Morgan fingerprint density at radius 2 is 1.93 bits per heavy atom. The van der Waals surface area contributed by atoms with Gasteiger partial charge in [-0.25, -0.2) is 0 Å². The van der Waals surface area contributed by atoms with Gasteiger partial charge >= 0.3 is 0 Å². The quantitative estimate of drug-likeness (QED) is 0.722. The van der Waals surface area contributed by atoms with Crippen molar-refractivity contribution in [2.45, 2.75) is 26.4 Å². The Bertz CT molecular complexity index is 287. The van der Waals surface area contributed by atoms with E-state index in [4.69, 9.17) is 0 Å². The number of hydrogen-bond acceptors (Lipinski definition) is 1. The van der Waals surface area contributed by atoms with E-state index in [2.05, 4.69) is 6.58 Å². The second-order valence-electron chi connectivity index (χ2n) is 4.29. The number of benzene rings is 1. The molecular formula is C13H18O. The fourth-order valence-corrected chi connectivity index (χ4v) is 1.57. The molecule has 0 radical (unpaired) electrons. The Hall–Kier alpha value is -1.08. The highest BCUT2D eigenvalue weighted by Gasteiger charge is 2.27. The lowest BCUT2D eigenvalue weighted by molar-refractivity contribution is 0.0514. The van der Waals surface area contributed by atoms with Gasteiger partial charge < -0.3 is 5.11 Å². The van der Waals surface area contributed by atoms with Crippen LogP contribution in [-0.4, -0.2) is 5.11 Å². The first kappa shape index (κ1) is 11.0. The smallest absolute Gasteiger partial charge is 0.0843 e. The van der Waals surface area contributed by atoms with E-state index in [1.165, 1.54) is 0 Å². The van der Waals surface area contributed by atoms with Gasteiger partial charge in [0.2, 0.25) is 0 Å². The second kappa shape index (κ2) is 4.43. The largest absolute Gasteiger partial charge is 0.388 e. The van der Waals surface area contributed by atoms with Crippen LogP contribution in [-0.2, 0) is 0 Å². The Morgan fingerprint density at radius 3 is 2.43 bits per heavy atom. The third kappa shape index (κ3) is 2.46. The van der Waals surface area contributed by atoms with E-state index >= 15 is 0 Å². The van der Waals surface area contributed by atoms with Crippen molar-refractivity contribution >= 4 is 0 Å². The molecular weight excluding hydrogens is 172 g/mol. The molecule has 14 heavy (non-hydrogen) atoms. The van der Waals surface area contributed by atoms with Gasteiger partial charge in [-0.2, -0.15) is 0 Å². The van der Waals surface area contributed by atoms with Crippen molar-refractivity contribution in [1.82, 2.24) is 0 Å². The Labute approximate surface area is 86.1 Å². The van der Waals surface area contributed by atoms with Gasteiger partial charge in [-0.1, -0.05) is 50.3 Å². The van der Waals surface area contributed by atoms with Crippen LogP contribution in [0.3, 0.4) is 0 Å². The number of rotatable bonds is 4. The molecule has 0 aliphatic rings. The van der Waals surface area contributed by atoms with Crippen LogP contribution < -0.4 is 0 Å². The molecule has 1 aromatic carbocycles. The van der Waals surface area contributed by atoms with Gasteiger partial charge in [0.05, 0.1) is 6.10 Å². The minimum atomic E-state index is -0.429. The summed E-state index contributed by atoms with van der Waals surface area (Å²) in [5.74, 6) is 0. The lowest BCUT2D eigenvalue weighted by atomic mass is 9.80. The first-order chi connectivity index (χ1) is 6.58. The van der Waals surface area contributed by atoms with Gasteiger partial charge in [-0.3, -0.25) is 0 Å². The molecule has 0 aliphatic carbocycles. The maximum atomic E-state index is 10.1. The average molecular weight is 190 g/mol. The van der Waals surface area contributed by atoms with Crippen molar-refractivity contribution in [1.29, 1.82) is 0 Å².